The standard InChI is InChI=1S/C34H34N2O2S3/c1-3-24-36-25-29(39-32-17-11-10-16-31(32)36)22-20-26-18-19-27(34(26)41(37,38)30-14-8-5-9-15-30)21-23-33(35-2)40-28-12-6-4-7-13-28/h4-17,20-23H,3,18-19,24-25H2,1-2H3/b23-21+,26-20+,29-22-,35-33?. The summed E-state index contributed by atoms with van der Waals surface area (Å²) in [6.45, 7) is 4.00. The van der Waals surface area contributed by atoms with Crippen LogP contribution in [0.15, 0.2) is 150 Å². The van der Waals surface area contributed by atoms with Gasteiger partial charge in [0.25, 0.3) is 0 Å². The number of fused-ring (bicyclic) bond motifs is 1. The third-order valence-corrected chi connectivity index (χ3v) is 11.0. The van der Waals surface area contributed by atoms with E-state index in [9.17, 15) is 8.42 Å². The smallest absolute Gasteiger partial charge is 0.207 e. The Labute approximate surface area is 252 Å². The van der Waals surface area contributed by atoms with Crippen LogP contribution in [-0.4, -0.2) is 33.6 Å². The van der Waals surface area contributed by atoms with E-state index >= 15 is 0 Å². The number of rotatable bonds is 8. The molecule has 41 heavy (non-hydrogen) atoms. The molecule has 1 heterocycles. The Balaban J connectivity index is 1.50. The van der Waals surface area contributed by atoms with Gasteiger partial charge in [-0.25, -0.2) is 8.42 Å². The predicted molar refractivity (Wildman–Crippen MR) is 176 cm³/mol. The maximum absolute atomic E-state index is 14.0. The molecule has 0 amide bonds. The lowest BCUT2D eigenvalue weighted by molar-refractivity contribution is 0.602. The van der Waals surface area contributed by atoms with Gasteiger partial charge in [0.15, 0.2) is 0 Å². The molecule has 2 aliphatic rings. The van der Waals surface area contributed by atoms with E-state index in [0.717, 1.165) is 40.6 Å². The molecular formula is C34H34N2O2S3. The van der Waals surface area contributed by atoms with E-state index in [1.54, 1.807) is 54.8 Å². The van der Waals surface area contributed by atoms with Crippen molar-refractivity contribution in [2.45, 2.75) is 40.9 Å². The van der Waals surface area contributed by atoms with Crippen LogP contribution in [0.25, 0.3) is 0 Å². The number of benzene rings is 3. The van der Waals surface area contributed by atoms with Crippen LogP contribution in [0.1, 0.15) is 26.2 Å². The minimum absolute atomic E-state index is 0.319. The molecule has 0 radical (unpaired) electrons. The fourth-order valence-electron chi connectivity index (χ4n) is 5.02. The largest absolute Gasteiger partial charge is 0.366 e. The van der Waals surface area contributed by atoms with Gasteiger partial charge in [-0.3, -0.25) is 4.99 Å². The first-order chi connectivity index (χ1) is 20.0. The molecule has 3 aromatic rings. The average molecular weight is 599 g/mol. The SMILES string of the molecule is CCCN1C/C(=C/C=C2\CCC(/C=C/C(=NC)Sc3ccccc3)=C2S(=O)(=O)c2ccccc2)Sc2ccccc21. The third-order valence-electron chi connectivity index (χ3n) is 6.94. The number of nitrogens with zero attached hydrogens (tertiary/aromatic N) is 2. The first-order valence-corrected chi connectivity index (χ1v) is 16.9. The zero-order valence-corrected chi connectivity index (χ0v) is 25.8. The highest BCUT2D eigenvalue weighted by atomic mass is 32.2. The molecule has 0 bridgehead atoms. The minimum Gasteiger partial charge on any atom is -0.366 e. The summed E-state index contributed by atoms with van der Waals surface area (Å²) in [4.78, 5) is 11.1. The highest BCUT2D eigenvalue weighted by Gasteiger charge is 2.31. The van der Waals surface area contributed by atoms with Crippen molar-refractivity contribution in [1.29, 1.82) is 0 Å². The second kappa shape index (κ2) is 13.6. The highest BCUT2D eigenvalue weighted by Crippen LogP contribution is 2.42. The van der Waals surface area contributed by atoms with Gasteiger partial charge in [0.05, 0.1) is 20.5 Å². The third kappa shape index (κ3) is 6.97. The summed E-state index contributed by atoms with van der Waals surface area (Å²) in [5.74, 6) is 0. The molecule has 1 aliphatic carbocycles. The van der Waals surface area contributed by atoms with E-state index in [2.05, 4.69) is 47.2 Å². The van der Waals surface area contributed by atoms with Crippen LogP contribution in [0, 0.1) is 0 Å². The maximum Gasteiger partial charge on any atom is 0.207 e. The van der Waals surface area contributed by atoms with Crippen molar-refractivity contribution in [3.8, 4) is 0 Å². The monoisotopic (exact) mass is 598 g/mol. The zero-order valence-electron chi connectivity index (χ0n) is 23.4. The molecule has 0 saturated carbocycles. The van der Waals surface area contributed by atoms with Gasteiger partial charge in [0.2, 0.25) is 9.84 Å². The van der Waals surface area contributed by atoms with Crippen molar-refractivity contribution in [2.75, 3.05) is 25.0 Å². The Morgan fingerprint density at radius 2 is 1.66 bits per heavy atom. The van der Waals surface area contributed by atoms with Crippen LogP contribution >= 0.6 is 23.5 Å². The van der Waals surface area contributed by atoms with Crippen LogP contribution in [-0.2, 0) is 9.84 Å². The maximum atomic E-state index is 14.0. The molecule has 4 nitrogen and oxygen atoms in total. The fraction of sp³-hybridized carbons (Fsp3) is 0.206. The average Bonchev–Trinajstić information content (AvgIpc) is 3.43. The van der Waals surface area contributed by atoms with Gasteiger partial charge in [0, 0.05) is 34.8 Å². The molecule has 0 unspecified atom stereocenters. The summed E-state index contributed by atoms with van der Waals surface area (Å²) >= 11 is 3.34. The molecule has 0 fully saturated rings. The van der Waals surface area contributed by atoms with Crippen molar-refractivity contribution in [3.63, 3.8) is 0 Å². The van der Waals surface area contributed by atoms with E-state index in [-0.39, 0.29) is 0 Å². The summed E-state index contributed by atoms with van der Waals surface area (Å²) < 4.78 is 28.0. The first kappa shape index (κ1) is 29.2. The van der Waals surface area contributed by atoms with Crippen LogP contribution in [0.3, 0.4) is 0 Å². The molecule has 5 rings (SSSR count). The van der Waals surface area contributed by atoms with Crippen molar-refractivity contribution in [1.82, 2.24) is 0 Å². The molecule has 7 heteroatoms. The van der Waals surface area contributed by atoms with E-state index in [4.69, 9.17) is 0 Å². The van der Waals surface area contributed by atoms with Gasteiger partial charge in [0.1, 0.15) is 0 Å². The summed E-state index contributed by atoms with van der Waals surface area (Å²) in [7, 11) is -1.94. The lowest BCUT2D eigenvalue weighted by Crippen LogP contribution is -2.28. The molecule has 0 saturated heterocycles. The highest BCUT2D eigenvalue weighted by molar-refractivity contribution is 8.14. The molecule has 210 valence electrons. The fourth-order valence-corrected chi connectivity index (χ4v) is 8.65. The van der Waals surface area contributed by atoms with Crippen molar-refractivity contribution >= 4 is 44.1 Å². The van der Waals surface area contributed by atoms with Gasteiger partial charge in [-0.05, 0) is 72.9 Å². The number of para-hydroxylation sites is 1. The summed E-state index contributed by atoms with van der Waals surface area (Å²) in [6, 6.07) is 27.3. The van der Waals surface area contributed by atoms with Crippen LogP contribution in [0.2, 0.25) is 0 Å². The van der Waals surface area contributed by atoms with E-state index < -0.39 is 9.84 Å². The minimum atomic E-state index is -3.70. The lowest BCUT2D eigenvalue weighted by atomic mass is 10.2. The molecular weight excluding hydrogens is 565 g/mol. The van der Waals surface area contributed by atoms with Crippen molar-refractivity contribution in [3.05, 3.63) is 130 Å². The topological polar surface area (TPSA) is 49.7 Å². The summed E-state index contributed by atoms with van der Waals surface area (Å²) in [6.07, 6.45) is 10.4. The second-order valence-electron chi connectivity index (χ2n) is 9.80. The van der Waals surface area contributed by atoms with Gasteiger partial charge in [-0.2, -0.15) is 0 Å². The number of hydrogen-bond acceptors (Lipinski definition) is 6. The molecule has 0 N–H and O–H groups in total. The number of aliphatic imine (C=N–C) groups is 1. The van der Waals surface area contributed by atoms with Gasteiger partial charge in [-0.15, -0.1) is 0 Å². The number of anilines is 1. The van der Waals surface area contributed by atoms with E-state index in [0.29, 0.717) is 22.6 Å². The molecule has 3 aromatic carbocycles. The Morgan fingerprint density at radius 1 is 0.951 bits per heavy atom. The quantitative estimate of drug-likeness (QED) is 0.147. The lowest BCUT2D eigenvalue weighted by Gasteiger charge is -2.32. The first-order valence-electron chi connectivity index (χ1n) is 13.8. The normalized spacial score (nSPS) is 18.1. The Kier molecular flexibility index (Phi) is 9.70. The Bertz CT molecular complexity index is 1640. The van der Waals surface area contributed by atoms with Gasteiger partial charge < -0.3 is 4.90 Å². The van der Waals surface area contributed by atoms with Gasteiger partial charge in [-0.1, -0.05) is 97.2 Å². The number of allylic oxidation sites excluding steroid dienone is 5. The van der Waals surface area contributed by atoms with Crippen LogP contribution in [0.5, 0.6) is 0 Å². The molecule has 0 aromatic heterocycles. The molecule has 0 spiro atoms. The van der Waals surface area contributed by atoms with Crippen LogP contribution in [0.4, 0.5) is 5.69 Å². The number of thioether (sulfide) groups is 2. The Hall–Kier alpha value is -3.26. The summed E-state index contributed by atoms with van der Waals surface area (Å²) in [5, 5.41) is 0.827. The van der Waals surface area contributed by atoms with Crippen molar-refractivity contribution in [2.24, 2.45) is 4.99 Å². The van der Waals surface area contributed by atoms with Gasteiger partial charge >= 0.3 is 0 Å². The Morgan fingerprint density at radius 3 is 2.39 bits per heavy atom. The zero-order chi connectivity index (χ0) is 28.7. The molecule has 1 aliphatic heterocycles. The van der Waals surface area contributed by atoms with Crippen molar-refractivity contribution < 1.29 is 8.42 Å². The number of hydrogen-bond donors (Lipinski definition) is 0. The summed E-state index contributed by atoms with van der Waals surface area (Å²) in [5.41, 5.74) is 2.95. The second-order valence-corrected chi connectivity index (χ2v) is 13.9. The molecule has 0 atom stereocenters. The predicted octanol–water partition coefficient (Wildman–Crippen LogP) is 8.72. The van der Waals surface area contributed by atoms with E-state index in [1.807, 2.05) is 54.6 Å². The van der Waals surface area contributed by atoms with E-state index in [1.165, 1.54) is 15.5 Å². The number of sulfone groups is 1. The van der Waals surface area contributed by atoms with Crippen LogP contribution < -0.4 is 4.90 Å².